The molecule has 0 amide bonds. The van der Waals surface area contributed by atoms with Crippen LogP contribution in [0.4, 0.5) is 0 Å². The first-order chi connectivity index (χ1) is 8.88. The van der Waals surface area contributed by atoms with E-state index < -0.39 is 0 Å². The minimum atomic E-state index is 0.889. The standard InChI is InChI=1S/C16H22N2/c1-2-5-15-6-3-7-16(14-15)8-4-11-18-12-9-17-10-13-18/h3,6-7,14,17H,2,5,9-13H2,1H3. The number of piperazine rings is 1. The smallest absolute Gasteiger partial charge is 0.0606 e. The fourth-order valence-electron chi connectivity index (χ4n) is 2.22. The Hall–Kier alpha value is -1.30. The predicted octanol–water partition coefficient (Wildman–Crippen LogP) is 1.90. The molecule has 2 heteroatoms. The van der Waals surface area contributed by atoms with Crippen molar-refractivity contribution in [2.24, 2.45) is 0 Å². The zero-order valence-electron chi connectivity index (χ0n) is 11.2. The molecule has 18 heavy (non-hydrogen) atoms. The highest BCUT2D eigenvalue weighted by Gasteiger charge is 2.06. The number of nitrogens with zero attached hydrogens (tertiary/aromatic N) is 1. The van der Waals surface area contributed by atoms with Crippen LogP contribution in [0.1, 0.15) is 24.5 Å². The van der Waals surface area contributed by atoms with Gasteiger partial charge in [0.2, 0.25) is 0 Å². The molecule has 2 nitrogen and oxygen atoms in total. The molecule has 0 atom stereocenters. The summed E-state index contributed by atoms with van der Waals surface area (Å²) in [6, 6.07) is 8.61. The molecule has 0 unspecified atom stereocenters. The molecule has 0 aromatic heterocycles. The average molecular weight is 242 g/mol. The molecule has 1 aromatic rings. The fraction of sp³-hybridized carbons (Fsp3) is 0.500. The van der Waals surface area contributed by atoms with Crippen molar-refractivity contribution in [1.29, 1.82) is 0 Å². The molecule has 2 rings (SSSR count). The van der Waals surface area contributed by atoms with Gasteiger partial charge in [-0.3, -0.25) is 4.90 Å². The normalized spacial score (nSPS) is 16.1. The number of hydrogen-bond acceptors (Lipinski definition) is 2. The predicted molar refractivity (Wildman–Crippen MR) is 76.6 cm³/mol. The van der Waals surface area contributed by atoms with Gasteiger partial charge in [0.05, 0.1) is 6.54 Å². The van der Waals surface area contributed by atoms with Crippen LogP contribution in [-0.4, -0.2) is 37.6 Å². The van der Waals surface area contributed by atoms with Crippen LogP contribution in [0, 0.1) is 11.8 Å². The highest BCUT2D eigenvalue weighted by Crippen LogP contribution is 2.06. The van der Waals surface area contributed by atoms with Crippen molar-refractivity contribution < 1.29 is 0 Å². The van der Waals surface area contributed by atoms with Crippen LogP contribution in [-0.2, 0) is 6.42 Å². The molecule has 1 aromatic carbocycles. The van der Waals surface area contributed by atoms with E-state index in [0.29, 0.717) is 0 Å². The van der Waals surface area contributed by atoms with Crippen LogP contribution in [0.2, 0.25) is 0 Å². The van der Waals surface area contributed by atoms with Gasteiger partial charge in [-0.25, -0.2) is 0 Å². The summed E-state index contributed by atoms with van der Waals surface area (Å²) in [5.74, 6) is 6.57. The van der Waals surface area contributed by atoms with Crippen molar-refractivity contribution in [2.75, 3.05) is 32.7 Å². The Morgan fingerprint density at radius 3 is 2.89 bits per heavy atom. The molecule has 96 valence electrons. The third kappa shape index (κ3) is 4.18. The lowest BCUT2D eigenvalue weighted by Gasteiger charge is -2.24. The molecule has 1 aliphatic rings. The summed E-state index contributed by atoms with van der Waals surface area (Å²) in [5.41, 5.74) is 2.54. The fourth-order valence-corrected chi connectivity index (χ4v) is 2.22. The van der Waals surface area contributed by atoms with E-state index in [1.807, 2.05) is 0 Å². The van der Waals surface area contributed by atoms with Crippen molar-refractivity contribution >= 4 is 0 Å². The van der Waals surface area contributed by atoms with Crippen molar-refractivity contribution in [1.82, 2.24) is 10.2 Å². The van der Waals surface area contributed by atoms with Gasteiger partial charge in [-0.05, 0) is 24.1 Å². The van der Waals surface area contributed by atoms with Gasteiger partial charge in [-0.2, -0.15) is 0 Å². The van der Waals surface area contributed by atoms with E-state index in [4.69, 9.17) is 0 Å². The Bertz CT molecular complexity index is 422. The number of benzene rings is 1. The van der Waals surface area contributed by atoms with Crippen molar-refractivity contribution in [3.63, 3.8) is 0 Å². The van der Waals surface area contributed by atoms with Crippen LogP contribution in [0.3, 0.4) is 0 Å². The quantitative estimate of drug-likeness (QED) is 0.814. The third-order valence-electron chi connectivity index (χ3n) is 3.21. The first-order valence-electron chi connectivity index (χ1n) is 6.89. The Kier molecular flexibility index (Phi) is 5.26. The van der Waals surface area contributed by atoms with Crippen molar-refractivity contribution in [3.8, 4) is 11.8 Å². The summed E-state index contributed by atoms with van der Waals surface area (Å²) >= 11 is 0. The highest BCUT2D eigenvalue weighted by molar-refractivity contribution is 5.37. The monoisotopic (exact) mass is 242 g/mol. The van der Waals surface area contributed by atoms with Gasteiger partial charge in [-0.1, -0.05) is 37.3 Å². The largest absolute Gasteiger partial charge is 0.314 e. The van der Waals surface area contributed by atoms with Gasteiger partial charge in [0.15, 0.2) is 0 Å². The highest BCUT2D eigenvalue weighted by atomic mass is 15.2. The first-order valence-corrected chi connectivity index (χ1v) is 6.89. The van der Waals surface area contributed by atoms with E-state index in [1.54, 1.807) is 0 Å². The molecule has 0 radical (unpaired) electrons. The lowest BCUT2D eigenvalue weighted by molar-refractivity contribution is 0.268. The zero-order chi connectivity index (χ0) is 12.6. The van der Waals surface area contributed by atoms with Gasteiger partial charge in [0.25, 0.3) is 0 Å². The Labute approximate surface area is 110 Å². The van der Waals surface area contributed by atoms with Crippen LogP contribution in [0.15, 0.2) is 24.3 Å². The molecule has 0 saturated carbocycles. The van der Waals surface area contributed by atoms with E-state index in [0.717, 1.165) is 44.7 Å². The number of rotatable bonds is 3. The number of hydrogen-bond donors (Lipinski definition) is 1. The van der Waals surface area contributed by atoms with Crippen molar-refractivity contribution in [3.05, 3.63) is 35.4 Å². The summed E-state index contributed by atoms with van der Waals surface area (Å²) in [6.45, 7) is 7.51. The van der Waals surface area contributed by atoms with Crippen LogP contribution in [0.25, 0.3) is 0 Å². The van der Waals surface area contributed by atoms with Gasteiger partial charge < -0.3 is 5.32 Å². The van der Waals surface area contributed by atoms with Gasteiger partial charge in [0.1, 0.15) is 0 Å². The second kappa shape index (κ2) is 7.20. The topological polar surface area (TPSA) is 15.3 Å². The number of nitrogens with one attached hydrogen (secondary N) is 1. The molecule has 0 bridgehead atoms. The van der Waals surface area contributed by atoms with E-state index in [-0.39, 0.29) is 0 Å². The molecular formula is C16H22N2. The lowest BCUT2D eigenvalue weighted by atomic mass is 10.1. The van der Waals surface area contributed by atoms with Crippen molar-refractivity contribution in [2.45, 2.75) is 19.8 Å². The molecule has 0 aliphatic carbocycles. The molecule has 1 saturated heterocycles. The minimum absolute atomic E-state index is 0.889. The SMILES string of the molecule is CCCc1cccc(C#CCN2CCNCC2)c1. The second-order valence-electron chi connectivity index (χ2n) is 4.78. The number of aryl methyl sites for hydroxylation is 1. The van der Waals surface area contributed by atoms with Crippen LogP contribution < -0.4 is 5.32 Å². The Morgan fingerprint density at radius 1 is 1.28 bits per heavy atom. The molecule has 0 spiro atoms. The molecule has 1 heterocycles. The lowest BCUT2D eigenvalue weighted by Crippen LogP contribution is -2.43. The minimum Gasteiger partial charge on any atom is -0.314 e. The second-order valence-corrected chi connectivity index (χ2v) is 4.78. The molecule has 1 aliphatic heterocycles. The van der Waals surface area contributed by atoms with Gasteiger partial charge >= 0.3 is 0 Å². The van der Waals surface area contributed by atoms with E-state index in [1.165, 1.54) is 12.0 Å². The van der Waals surface area contributed by atoms with Crippen LogP contribution in [0.5, 0.6) is 0 Å². The summed E-state index contributed by atoms with van der Waals surface area (Å²) in [7, 11) is 0. The Balaban J connectivity index is 1.90. The first kappa shape index (κ1) is 13.1. The molecular weight excluding hydrogens is 220 g/mol. The Morgan fingerprint density at radius 2 is 2.11 bits per heavy atom. The van der Waals surface area contributed by atoms with Gasteiger partial charge in [0, 0.05) is 31.7 Å². The molecule has 1 N–H and O–H groups in total. The molecule has 1 fully saturated rings. The zero-order valence-corrected chi connectivity index (χ0v) is 11.2. The van der Waals surface area contributed by atoms with Gasteiger partial charge in [-0.15, -0.1) is 0 Å². The maximum Gasteiger partial charge on any atom is 0.0606 e. The van der Waals surface area contributed by atoms with E-state index in [2.05, 4.69) is 53.2 Å². The summed E-state index contributed by atoms with van der Waals surface area (Å²) in [5, 5.41) is 3.35. The van der Waals surface area contributed by atoms with E-state index >= 15 is 0 Å². The third-order valence-corrected chi connectivity index (χ3v) is 3.21. The summed E-state index contributed by atoms with van der Waals surface area (Å²) in [6.07, 6.45) is 2.34. The average Bonchev–Trinajstić information content (AvgIpc) is 2.41. The van der Waals surface area contributed by atoms with E-state index in [9.17, 15) is 0 Å². The van der Waals surface area contributed by atoms with Crippen LogP contribution >= 0.6 is 0 Å². The maximum absolute atomic E-state index is 3.35. The summed E-state index contributed by atoms with van der Waals surface area (Å²) < 4.78 is 0. The summed E-state index contributed by atoms with van der Waals surface area (Å²) in [4.78, 5) is 2.40. The maximum atomic E-state index is 3.35.